The number of ether oxygens (including phenoxy) is 1. The van der Waals surface area contributed by atoms with E-state index in [1.807, 2.05) is 30.3 Å². The third-order valence-electron chi connectivity index (χ3n) is 3.60. The standard InChI is InChI=1S/C18H18N2O4/c1-12-10-13(20-24-12)11-17(21)19-18(16-8-5-9-23-16)14-6-3-4-7-15(14)22-2/h3-10,18H,11H2,1-2H3,(H,19,21)/t18-/m0/s1. The van der Waals surface area contributed by atoms with E-state index in [4.69, 9.17) is 13.7 Å². The first kappa shape index (κ1) is 15.9. The Labute approximate surface area is 139 Å². The van der Waals surface area contributed by atoms with Gasteiger partial charge < -0.3 is 19.0 Å². The molecular formula is C18H18N2O4. The molecular weight excluding hydrogens is 308 g/mol. The van der Waals surface area contributed by atoms with Crippen molar-refractivity contribution in [1.82, 2.24) is 10.5 Å². The largest absolute Gasteiger partial charge is 0.496 e. The zero-order valence-electron chi connectivity index (χ0n) is 13.5. The molecule has 2 aromatic heterocycles. The number of carbonyl (C=O) groups excluding carboxylic acids is 1. The number of para-hydroxylation sites is 1. The zero-order chi connectivity index (χ0) is 16.9. The van der Waals surface area contributed by atoms with Gasteiger partial charge in [-0.25, -0.2) is 0 Å². The van der Waals surface area contributed by atoms with E-state index in [9.17, 15) is 4.79 Å². The fourth-order valence-electron chi connectivity index (χ4n) is 2.54. The number of benzene rings is 1. The average Bonchev–Trinajstić information content (AvgIpc) is 3.24. The van der Waals surface area contributed by atoms with Crippen LogP contribution in [0.5, 0.6) is 5.75 Å². The minimum Gasteiger partial charge on any atom is -0.496 e. The molecule has 124 valence electrons. The molecule has 0 radical (unpaired) electrons. The monoisotopic (exact) mass is 326 g/mol. The SMILES string of the molecule is COc1ccccc1[C@H](NC(=O)Cc1cc(C)on1)c1ccco1. The summed E-state index contributed by atoms with van der Waals surface area (Å²) in [4.78, 5) is 12.4. The smallest absolute Gasteiger partial charge is 0.227 e. The number of amides is 1. The lowest BCUT2D eigenvalue weighted by atomic mass is 10.0. The second kappa shape index (κ2) is 7.04. The lowest BCUT2D eigenvalue weighted by molar-refractivity contribution is -0.121. The number of hydrogen-bond acceptors (Lipinski definition) is 5. The van der Waals surface area contributed by atoms with Crippen molar-refractivity contribution in [1.29, 1.82) is 0 Å². The highest BCUT2D eigenvalue weighted by Gasteiger charge is 2.23. The zero-order valence-corrected chi connectivity index (χ0v) is 13.5. The molecule has 24 heavy (non-hydrogen) atoms. The van der Waals surface area contributed by atoms with Crippen LogP contribution in [0.25, 0.3) is 0 Å². The van der Waals surface area contributed by atoms with Crippen LogP contribution in [0.3, 0.4) is 0 Å². The van der Waals surface area contributed by atoms with Crippen molar-refractivity contribution in [2.24, 2.45) is 0 Å². The van der Waals surface area contributed by atoms with Crippen molar-refractivity contribution >= 4 is 5.91 Å². The molecule has 3 aromatic rings. The van der Waals surface area contributed by atoms with Crippen molar-refractivity contribution < 1.29 is 18.5 Å². The Hall–Kier alpha value is -3.02. The number of hydrogen-bond donors (Lipinski definition) is 1. The number of nitrogens with one attached hydrogen (secondary N) is 1. The third kappa shape index (κ3) is 3.48. The predicted molar refractivity (Wildman–Crippen MR) is 86.6 cm³/mol. The van der Waals surface area contributed by atoms with Gasteiger partial charge in [0.15, 0.2) is 0 Å². The van der Waals surface area contributed by atoms with E-state index in [-0.39, 0.29) is 12.3 Å². The molecule has 0 fully saturated rings. The maximum absolute atomic E-state index is 12.4. The fraction of sp³-hybridized carbons (Fsp3) is 0.222. The van der Waals surface area contributed by atoms with Crippen molar-refractivity contribution in [2.75, 3.05) is 7.11 Å². The minimum atomic E-state index is -0.448. The molecule has 0 aliphatic heterocycles. The summed E-state index contributed by atoms with van der Waals surface area (Å²) in [6, 6.07) is 12.4. The Morgan fingerprint density at radius 1 is 1.29 bits per heavy atom. The second-order valence-corrected chi connectivity index (χ2v) is 5.36. The first-order chi connectivity index (χ1) is 11.7. The van der Waals surface area contributed by atoms with Gasteiger partial charge in [0.1, 0.15) is 23.3 Å². The number of rotatable bonds is 6. The summed E-state index contributed by atoms with van der Waals surface area (Å²) in [5.74, 6) is 1.79. The Bertz CT molecular complexity index is 808. The number of furan rings is 1. The van der Waals surface area contributed by atoms with E-state index < -0.39 is 6.04 Å². The van der Waals surface area contributed by atoms with E-state index >= 15 is 0 Å². The van der Waals surface area contributed by atoms with Crippen molar-refractivity contribution in [3.8, 4) is 5.75 Å². The van der Waals surface area contributed by atoms with Gasteiger partial charge in [-0.2, -0.15) is 0 Å². The minimum absolute atomic E-state index is 0.129. The quantitative estimate of drug-likeness (QED) is 0.753. The second-order valence-electron chi connectivity index (χ2n) is 5.36. The molecule has 2 heterocycles. The molecule has 0 unspecified atom stereocenters. The van der Waals surface area contributed by atoms with E-state index in [0.29, 0.717) is 23.0 Å². The topological polar surface area (TPSA) is 77.5 Å². The predicted octanol–water partition coefficient (Wildman–Crippen LogP) is 3.03. The number of aromatic nitrogens is 1. The van der Waals surface area contributed by atoms with Crippen LogP contribution in [-0.2, 0) is 11.2 Å². The Balaban J connectivity index is 1.84. The highest BCUT2D eigenvalue weighted by atomic mass is 16.5. The van der Waals surface area contributed by atoms with Crippen LogP contribution in [0.2, 0.25) is 0 Å². The summed E-state index contributed by atoms with van der Waals surface area (Å²) in [6.45, 7) is 1.79. The molecule has 0 saturated carbocycles. The van der Waals surface area contributed by atoms with Gasteiger partial charge in [-0.05, 0) is 25.1 Å². The normalized spacial score (nSPS) is 11.9. The summed E-state index contributed by atoms with van der Waals surface area (Å²) in [6.07, 6.45) is 1.70. The molecule has 1 atom stereocenters. The van der Waals surface area contributed by atoms with Gasteiger partial charge in [0.2, 0.25) is 5.91 Å². The molecule has 6 nitrogen and oxygen atoms in total. The van der Waals surface area contributed by atoms with E-state index in [1.54, 1.807) is 32.4 Å². The van der Waals surface area contributed by atoms with Gasteiger partial charge in [-0.1, -0.05) is 23.4 Å². The molecule has 0 aliphatic rings. The first-order valence-corrected chi connectivity index (χ1v) is 7.55. The summed E-state index contributed by atoms with van der Waals surface area (Å²) in [5, 5.41) is 6.82. The van der Waals surface area contributed by atoms with E-state index in [2.05, 4.69) is 10.5 Å². The molecule has 0 bridgehead atoms. The molecule has 1 N–H and O–H groups in total. The van der Waals surface area contributed by atoms with Gasteiger partial charge in [0.05, 0.1) is 25.5 Å². The molecule has 3 rings (SSSR count). The Morgan fingerprint density at radius 2 is 2.12 bits per heavy atom. The Kier molecular flexibility index (Phi) is 4.65. The Morgan fingerprint density at radius 3 is 2.79 bits per heavy atom. The third-order valence-corrected chi connectivity index (χ3v) is 3.60. The van der Waals surface area contributed by atoms with Crippen LogP contribution in [0.1, 0.15) is 28.8 Å². The summed E-state index contributed by atoms with van der Waals surface area (Å²) >= 11 is 0. The average molecular weight is 326 g/mol. The van der Waals surface area contributed by atoms with Crippen LogP contribution in [0.4, 0.5) is 0 Å². The molecule has 6 heteroatoms. The molecule has 0 saturated heterocycles. The van der Waals surface area contributed by atoms with Gasteiger partial charge >= 0.3 is 0 Å². The van der Waals surface area contributed by atoms with Crippen LogP contribution < -0.4 is 10.1 Å². The first-order valence-electron chi connectivity index (χ1n) is 7.55. The molecule has 1 amide bonds. The van der Waals surface area contributed by atoms with Gasteiger partial charge in [-0.3, -0.25) is 4.79 Å². The van der Waals surface area contributed by atoms with Gasteiger partial charge in [0.25, 0.3) is 0 Å². The number of nitrogens with zero attached hydrogens (tertiary/aromatic N) is 1. The molecule has 0 aliphatic carbocycles. The van der Waals surface area contributed by atoms with Crippen LogP contribution >= 0.6 is 0 Å². The maximum atomic E-state index is 12.4. The van der Waals surface area contributed by atoms with E-state index in [0.717, 1.165) is 5.56 Å². The summed E-state index contributed by atoms with van der Waals surface area (Å²) in [5.41, 5.74) is 1.41. The molecule has 1 aromatic carbocycles. The van der Waals surface area contributed by atoms with Crippen LogP contribution in [0.15, 0.2) is 57.7 Å². The number of aryl methyl sites for hydroxylation is 1. The number of carbonyl (C=O) groups is 1. The highest BCUT2D eigenvalue weighted by molar-refractivity contribution is 5.79. The van der Waals surface area contributed by atoms with Crippen molar-refractivity contribution in [3.63, 3.8) is 0 Å². The maximum Gasteiger partial charge on any atom is 0.227 e. The number of methoxy groups -OCH3 is 1. The lowest BCUT2D eigenvalue weighted by Gasteiger charge is -2.19. The van der Waals surface area contributed by atoms with Crippen LogP contribution in [-0.4, -0.2) is 18.2 Å². The van der Waals surface area contributed by atoms with Crippen LogP contribution in [0, 0.1) is 6.92 Å². The van der Waals surface area contributed by atoms with E-state index in [1.165, 1.54) is 0 Å². The lowest BCUT2D eigenvalue weighted by Crippen LogP contribution is -2.30. The van der Waals surface area contributed by atoms with Crippen molar-refractivity contribution in [2.45, 2.75) is 19.4 Å². The fourth-order valence-corrected chi connectivity index (χ4v) is 2.54. The van der Waals surface area contributed by atoms with Crippen molar-refractivity contribution in [3.05, 3.63) is 71.5 Å². The van der Waals surface area contributed by atoms with Gasteiger partial charge in [-0.15, -0.1) is 0 Å². The molecule has 0 spiro atoms. The summed E-state index contributed by atoms with van der Waals surface area (Å²) in [7, 11) is 1.60. The van der Waals surface area contributed by atoms with Gasteiger partial charge in [0, 0.05) is 11.6 Å². The highest BCUT2D eigenvalue weighted by Crippen LogP contribution is 2.30. The summed E-state index contributed by atoms with van der Waals surface area (Å²) < 4.78 is 15.9.